The number of benzene rings is 2. The van der Waals surface area contributed by atoms with E-state index in [1.165, 1.54) is 12.7 Å². The van der Waals surface area contributed by atoms with E-state index in [-0.39, 0.29) is 11.8 Å². The Morgan fingerprint density at radius 3 is 2.54 bits per heavy atom. The maximum absolute atomic E-state index is 12.7. The lowest BCUT2D eigenvalue weighted by Gasteiger charge is -2.31. The van der Waals surface area contributed by atoms with E-state index in [1.54, 1.807) is 31.4 Å². The van der Waals surface area contributed by atoms with Crippen molar-refractivity contribution in [2.75, 3.05) is 32.6 Å². The Morgan fingerprint density at radius 2 is 1.82 bits per heavy atom. The Balaban J connectivity index is 1.55. The van der Waals surface area contributed by atoms with Crippen molar-refractivity contribution in [3.8, 4) is 5.75 Å². The van der Waals surface area contributed by atoms with Crippen molar-refractivity contribution in [3.63, 3.8) is 0 Å². The quantitative estimate of drug-likeness (QED) is 0.776. The van der Waals surface area contributed by atoms with Gasteiger partial charge in [0.05, 0.1) is 25.5 Å². The third-order valence-electron chi connectivity index (χ3n) is 5.09. The van der Waals surface area contributed by atoms with Gasteiger partial charge in [0, 0.05) is 12.5 Å². The summed E-state index contributed by atoms with van der Waals surface area (Å²) in [6.45, 7) is 2.55. The summed E-state index contributed by atoms with van der Waals surface area (Å²) < 4.78 is 10.1. The first-order chi connectivity index (χ1) is 13.6. The van der Waals surface area contributed by atoms with E-state index in [1.807, 2.05) is 18.2 Å². The number of likely N-dealkylation sites (tertiary alicyclic amines) is 1. The minimum absolute atomic E-state index is 0.0441. The molecule has 1 fully saturated rings. The second-order valence-electron chi connectivity index (χ2n) is 6.93. The summed E-state index contributed by atoms with van der Waals surface area (Å²) in [5.74, 6) is 0.296. The zero-order valence-electron chi connectivity index (χ0n) is 16.3. The van der Waals surface area contributed by atoms with Crippen LogP contribution in [0.15, 0.2) is 48.5 Å². The highest BCUT2D eigenvalue weighted by Gasteiger charge is 2.26. The van der Waals surface area contributed by atoms with Crippen molar-refractivity contribution in [2.24, 2.45) is 5.92 Å². The van der Waals surface area contributed by atoms with E-state index >= 15 is 0 Å². The summed E-state index contributed by atoms with van der Waals surface area (Å²) in [5, 5.41) is 2.90. The van der Waals surface area contributed by atoms with Gasteiger partial charge in [0.1, 0.15) is 5.75 Å². The predicted molar refractivity (Wildman–Crippen MR) is 107 cm³/mol. The van der Waals surface area contributed by atoms with Gasteiger partial charge in [-0.2, -0.15) is 0 Å². The molecular formula is C22H26N2O4. The van der Waals surface area contributed by atoms with Gasteiger partial charge in [0.2, 0.25) is 5.91 Å². The minimum atomic E-state index is -0.455. The summed E-state index contributed by atoms with van der Waals surface area (Å²) in [6.07, 6.45) is 1.58. The molecule has 0 aromatic heterocycles. The van der Waals surface area contributed by atoms with Gasteiger partial charge in [0.15, 0.2) is 0 Å². The molecule has 1 heterocycles. The highest BCUT2D eigenvalue weighted by Crippen LogP contribution is 2.23. The molecule has 0 bridgehead atoms. The predicted octanol–water partition coefficient (Wildman–Crippen LogP) is 3.33. The van der Waals surface area contributed by atoms with Gasteiger partial charge in [0.25, 0.3) is 0 Å². The average Bonchev–Trinajstić information content (AvgIpc) is 2.74. The molecule has 0 spiro atoms. The molecular weight excluding hydrogens is 356 g/mol. The van der Waals surface area contributed by atoms with Crippen LogP contribution in [0.25, 0.3) is 0 Å². The van der Waals surface area contributed by atoms with Crippen LogP contribution in [0.2, 0.25) is 0 Å². The van der Waals surface area contributed by atoms with Crippen LogP contribution >= 0.6 is 0 Å². The Morgan fingerprint density at radius 1 is 1.07 bits per heavy atom. The van der Waals surface area contributed by atoms with Crippen molar-refractivity contribution in [1.29, 1.82) is 0 Å². The summed E-state index contributed by atoms with van der Waals surface area (Å²) in [7, 11) is 3.00. The van der Waals surface area contributed by atoms with Crippen molar-refractivity contribution >= 4 is 17.6 Å². The molecule has 148 valence electrons. The second-order valence-corrected chi connectivity index (χ2v) is 6.93. The number of amides is 1. The number of carbonyl (C=O) groups excluding carboxylic acids is 2. The molecule has 3 rings (SSSR count). The molecule has 0 atom stereocenters. The second kappa shape index (κ2) is 9.37. The highest BCUT2D eigenvalue weighted by atomic mass is 16.5. The molecule has 1 amide bonds. The number of carbonyl (C=O) groups is 2. The molecule has 1 aliphatic heterocycles. The number of piperidine rings is 1. The van der Waals surface area contributed by atoms with Gasteiger partial charge < -0.3 is 14.8 Å². The third-order valence-corrected chi connectivity index (χ3v) is 5.09. The summed E-state index contributed by atoms with van der Waals surface area (Å²) >= 11 is 0. The number of para-hydroxylation sites is 1. The SMILES string of the molecule is COC(=O)c1ccccc1NC(=O)C1CCN(Cc2cccc(OC)c2)CC1. The topological polar surface area (TPSA) is 67.9 Å². The first-order valence-corrected chi connectivity index (χ1v) is 9.44. The van der Waals surface area contributed by atoms with Crippen LogP contribution in [-0.4, -0.2) is 44.1 Å². The van der Waals surface area contributed by atoms with Crippen molar-refractivity contribution in [2.45, 2.75) is 19.4 Å². The molecule has 0 aliphatic carbocycles. The smallest absolute Gasteiger partial charge is 0.339 e. The third kappa shape index (κ3) is 4.89. The van der Waals surface area contributed by atoms with Crippen molar-refractivity contribution in [1.82, 2.24) is 4.90 Å². The van der Waals surface area contributed by atoms with E-state index in [2.05, 4.69) is 16.3 Å². The van der Waals surface area contributed by atoms with E-state index in [9.17, 15) is 9.59 Å². The van der Waals surface area contributed by atoms with Gasteiger partial charge in [-0.25, -0.2) is 4.79 Å². The van der Waals surface area contributed by atoms with E-state index < -0.39 is 5.97 Å². The van der Waals surface area contributed by atoms with Crippen molar-refractivity contribution in [3.05, 3.63) is 59.7 Å². The van der Waals surface area contributed by atoms with Crippen LogP contribution in [0.1, 0.15) is 28.8 Å². The molecule has 1 saturated heterocycles. The van der Waals surface area contributed by atoms with Crippen LogP contribution in [-0.2, 0) is 16.1 Å². The Hall–Kier alpha value is -2.86. The van der Waals surface area contributed by atoms with Crippen LogP contribution in [0, 0.1) is 5.92 Å². The van der Waals surface area contributed by atoms with Gasteiger partial charge in [-0.1, -0.05) is 24.3 Å². The Bertz CT molecular complexity index is 829. The zero-order chi connectivity index (χ0) is 19.9. The normalized spacial score (nSPS) is 15.1. The largest absolute Gasteiger partial charge is 0.497 e. The maximum atomic E-state index is 12.7. The van der Waals surface area contributed by atoms with Gasteiger partial charge in [-0.15, -0.1) is 0 Å². The minimum Gasteiger partial charge on any atom is -0.497 e. The van der Waals surface area contributed by atoms with E-state index in [4.69, 9.17) is 9.47 Å². The molecule has 6 nitrogen and oxygen atoms in total. The fraction of sp³-hybridized carbons (Fsp3) is 0.364. The molecule has 1 aliphatic rings. The number of nitrogens with one attached hydrogen (secondary N) is 1. The first-order valence-electron chi connectivity index (χ1n) is 9.44. The van der Waals surface area contributed by atoms with E-state index in [0.29, 0.717) is 11.3 Å². The lowest BCUT2D eigenvalue weighted by atomic mass is 9.95. The highest BCUT2D eigenvalue weighted by molar-refractivity contribution is 6.01. The number of ether oxygens (including phenoxy) is 2. The average molecular weight is 382 g/mol. The fourth-order valence-corrected chi connectivity index (χ4v) is 3.50. The molecule has 28 heavy (non-hydrogen) atoms. The molecule has 2 aromatic carbocycles. The standard InChI is InChI=1S/C22H26N2O4/c1-27-18-7-5-6-16(14-18)15-24-12-10-17(11-13-24)21(25)23-20-9-4-3-8-19(20)22(26)28-2/h3-9,14,17H,10-13,15H2,1-2H3,(H,23,25). The van der Waals surface area contributed by atoms with Crippen LogP contribution in [0.3, 0.4) is 0 Å². The molecule has 0 radical (unpaired) electrons. The Labute approximate surface area is 165 Å². The number of methoxy groups -OCH3 is 2. The summed E-state index contributed by atoms with van der Waals surface area (Å²) in [4.78, 5) is 26.9. The summed E-state index contributed by atoms with van der Waals surface area (Å²) in [5.41, 5.74) is 2.07. The van der Waals surface area contributed by atoms with Gasteiger partial charge in [-0.05, 0) is 55.8 Å². The number of hydrogen-bond donors (Lipinski definition) is 1. The zero-order valence-corrected chi connectivity index (χ0v) is 16.3. The van der Waals surface area contributed by atoms with Crippen LogP contribution in [0.4, 0.5) is 5.69 Å². The lowest BCUT2D eigenvalue weighted by Crippen LogP contribution is -2.37. The van der Waals surface area contributed by atoms with Crippen LogP contribution < -0.4 is 10.1 Å². The summed E-state index contributed by atoms with van der Waals surface area (Å²) in [6, 6.07) is 15.0. The van der Waals surface area contributed by atoms with Gasteiger partial charge >= 0.3 is 5.97 Å². The molecule has 6 heteroatoms. The van der Waals surface area contributed by atoms with Crippen LogP contribution in [0.5, 0.6) is 5.75 Å². The number of hydrogen-bond acceptors (Lipinski definition) is 5. The lowest BCUT2D eigenvalue weighted by molar-refractivity contribution is -0.121. The number of rotatable bonds is 6. The molecule has 1 N–H and O–H groups in total. The number of nitrogens with zero attached hydrogens (tertiary/aromatic N) is 1. The first kappa shape index (κ1) is 19.9. The van der Waals surface area contributed by atoms with Crippen molar-refractivity contribution < 1.29 is 19.1 Å². The molecule has 0 saturated carbocycles. The molecule has 2 aromatic rings. The Kier molecular flexibility index (Phi) is 6.66. The maximum Gasteiger partial charge on any atom is 0.339 e. The monoisotopic (exact) mass is 382 g/mol. The van der Waals surface area contributed by atoms with Gasteiger partial charge in [-0.3, -0.25) is 9.69 Å². The molecule has 0 unspecified atom stereocenters. The van der Waals surface area contributed by atoms with E-state index in [0.717, 1.165) is 38.2 Å². The number of esters is 1. The fourth-order valence-electron chi connectivity index (χ4n) is 3.50. The number of anilines is 1.